The van der Waals surface area contributed by atoms with E-state index in [1.165, 1.54) is 0 Å². The second-order valence-electron chi connectivity index (χ2n) is 6.42. The van der Waals surface area contributed by atoms with E-state index < -0.39 is 0 Å². The monoisotopic (exact) mass is 305 g/mol. The molecule has 0 aliphatic rings. The molecule has 0 radical (unpaired) electrons. The summed E-state index contributed by atoms with van der Waals surface area (Å²) in [6, 6.07) is 12.1. The first kappa shape index (κ1) is 15.1. The highest BCUT2D eigenvalue weighted by atomic mass is 15.5. The second kappa shape index (κ2) is 6.12. The molecule has 0 aliphatic carbocycles. The van der Waals surface area contributed by atoms with Crippen molar-refractivity contribution in [3.63, 3.8) is 0 Å². The van der Waals surface area contributed by atoms with Crippen LogP contribution in [0, 0.1) is 5.41 Å². The average Bonchev–Trinajstić information content (AvgIpc) is 3.07. The van der Waals surface area contributed by atoms with Gasteiger partial charge in [-0.15, -0.1) is 10.2 Å². The molecule has 1 N–H and O–H groups in total. The Labute approximate surface area is 135 Å². The van der Waals surface area contributed by atoms with E-state index in [9.17, 15) is 0 Å². The molecule has 0 fully saturated rings. The number of nitrogens with one attached hydrogen (secondary N) is 1. The summed E-state index contributed by atoms with van der Waals surface area (Å²) >= 11 is 0. The Morgan fingerprint density at radius 1 is 1.04 bits per heavy atom. The van der Waals surface area contributed by atoms with Crippen LogP contribution >= 0.6 is 0 Å². The van der Waals surface area contributed by atoms with E-state index in [-0.39, 0.29) is 5.41 Å². The van der Waals surface area contributed by atoms with Crippen LogP contribution < -0.4 is 0 Å². The molecule has 0 atom stereocenters. The largest absolute Gasteiger partial charge is 0.256 e. The number of hydrogen-bond acceptors (Lipinski definition) is 4. The number of aromatic amines is 1. The Hall–Kier alpha value is -2.82. The maximum atomic E-state index is 4.52. The van der Waals surface area contributed by atoms with Crippen LogP contribution in [0.15, 0.2) is 48.7 Å². The summed E-state index contributed by atoms with van der Waals surface area (Å²) in [7, 11) is 0. The van der Waals surface area contributed by atoms with Crippen LogP contribution in [0.25, 0.3) is 28.6 Å². The van der Waals surface area contributed by atoms with E-state index in [1.807, 2.05) is 36.5 Å². The van der Waals surface area contributed by atoms with Crippen LogP contribution in [0.4, 0.5) is 0 Å². The lowest BCUT2D eigenvalue weighted by Crippen LogP contribution is -2.00. The van der Waals surface area contributed by atoms with Gasteiger partial charge in [-0.3, -0.25) is 4.98 Å². The SMILES string of the molecule is CC(C)(C)/C=C/c1nccc(-c2ccccc2)c1-c1nn[nH]n1. The lowest BCUT2D eigenvalue weighted by atomic mass is 9.94. The Morgan fingerprint density at radius 3 is 2.48 bits per heavy atom. The lowest BCUT2D eigenvalue weighted by molar-refractivity contribution is 0.547. The quantitative estimate of drug-likeness (QED) is 0.794. The molecule has 0 aliphatic heterocycles. The smallest absolute Gasteiger partial charge is 0.207 e. The van der Waals surface area contributed by atoms with Crippen LogP contribution in [0.5, 0.6) is 0 Å². The van der Waals surface area contributed by atoms with Gasteiger partial charge >= 0.3 is 0 Å². The first-order chi connectivity index (χ1) is 11.0. The van der Waals surface area contributed by atoms with Gasteiger partial charge in [0.2, 0.25) is 5.82 Å². The molecule has 3 rings (SSSR count). The number of tetrazole rings is 1. The maximum Gasteiger partial charge on any atom is 0.207 e. The Kier molecular flexibility index (Phi) is 4.02. The average molecular weight is 305 g/mol. The molecular formula is C18H19N5. The Morgan fingerprint density at radius 2 is 1.83 bits per heavy atom. The highest BCUT2D eigenvalue weighted by molar-refractivity contribution is 5.85. The number of H-pyrrole nitrogens is 1. The van der Waals surface area contributed by atoms with Crippen LogP contribution in [-0.2, 0) is 0 Å². The van der Waals surface area contributed by atoms with Crippen molar-refractivity contribution in [1.82, 2.24) is 25.6 Å². The summed E-state index contributed by atoms with van der Waals surface area (Å²) in [5.41, 5.74) is 3.92. The molecule has 3 aromatic rings. The van der Waals surface area contributed by atoms with E-state index in [2.05, 4.69) is 64.6 Å². The molecule has 0 spiro atoms. The topological polar surface area (TPSA) is 67.3 Å². The van der Waals surface area contributed by atoms with Gasteiger partial charge in [-0.2, -0.15) is 5.21 Å². The van der Waals surface area contributed by atoms with E-state index in [0.717, 1.165) is 22.4 Å². The van der Waals surface area contributed by atoms with Gasteiger partial charge in [-0.05, 0) is 33.9 Å². The Bertz CT molecular complexity index is 799. The maximum absolute atomic E-state index is 4.52. The first-order valence-corrected chi connectivity index (χ1v) is 7.52. The minimum atomic E-state index is 0.0684. The van der Waals surface area contributed by atoms with E-state index in [0.29, 0.717) is 5.82 Å². The van der Waals surface area contributed by atoms with Crippen LogP contribution in [0.3, 0.4) is 0 Å². The summed E-state index contributed by atoms with van der Waals surface area (Å²) in [6.45, 7) is 6.45. The molecule has 1 aromatic carbocycles. The number of pyridine rings is 1. The van der Waals surface area contributed by atoms with Crippen molar-refractivity contribution in [3.05, 3.63) is 54.4 Å². The standard InChI is InChI=1S/C18H19N5/c1-18(2,3)11-9-15-16(17-20-22-23-21-17)14(10-12-19-15)13-7-5-4-6-8-13/h4-12H,1-3H3,(H,20,21,22,23)/b11-9+. The number of nitrogens with zero attached hydrogens (tertiary/aromatic N) is 4. The summed E-state index contributed by atoms with van der Waals surface area (Å²) in [6.07, 6.45) is 5.97. The van der Waals surface area contributed by atoms with E-state index in [1.54, 1.807) is 0 Å². The van der Waals surface area contributed by atoms with Crippen molar-refractivity contribution in [2.75, 3.05) is 0 Å². The fraction of sp³-hybridized carbons (Fsp3) is 0.222. The molecule has 5 heteroatoms. The predicted molar refractivity (Wildman–Crippen MR) is 91.3 cm³/mol. The number of rotatable bonds is 3. The van der Waals surface area contributed by atoms with Crippen molar-refractivity contribution in [2.24, 2.45) is 5.41 Å². The van der Waals surface area contributed by atoms with Crippen molar-refractivity contribution in [3.8, 4) is 22.5 Å². The van der Waals surface area contributed by atoms with Crippen molar-refractivity contribution in [2.45, 2.75) is 20.8 Å². The van der Waals surface area contributed by atoms with Gasteiger partial charge in [-0.25, -0.2) is 0 Å². The van der Waals surface area contributed by atoms with E-state index >= 15 is 0 Å². The molecule has 116 valence electrons. The molecule has 0 saturated carbocycles. The van der Waals surface area contributed by atoms with Gasteiger partial charge in [0, 0.05) is 6.20 Å². The number of aromatic nitrogens is 5. The molecule has 0 unspecified atom stereocenters. The van der Waals surface area contributed by atoms with Gasteiger partial charge in [0.25, 0.3) is 0 Å². The van der Waals surface area contributed by atoms with Crippen LogP contribution in [0.2, 0.25) is 0 Å². The summed E-state index contributed by atoms with van der Waals surface area (Å²) in [5.74, 6) is 0.547. The zero-order valence-corrected chi connectivity index (χ0v) is 13.5. The molecule has 5 nitrogen and oxygen atoms in total. The minimum absolute atomic E-state index is 0.0684. The third kappa shape index (κ3) is 3.51. The van der Waals surface area contributed by atoms with Gasteiger partial charge in [0.15, 0.2) is 0 Å². The molecule has 2 heterocycles. The second-order valence-corrected chi connectivity index (χ2v) is 6.42. The lowest BCUT2D eigenvalue weighted by Gasteiger charge is -2.13. The molecule has 23 heavy (non-hydrogen) atoms. The summed E-state index contributed by atoms with van der Waals surface area (Å²) in [5, 5.41) is 14.5. The molecular weight excluding hydrogens is 286 g/mol. The fourth-order valence-corrected chi connectivity index (χ4v) is 2.29. The first-order valence-electron chi connectivity index (χ1n) is 7.52. The molecule has 2 aromatic heterocycles. The third-order valence-corrected chi connectivity index (χ3v) is 3.38. The van der Waals surface area contributed by atoms with Gasteiger partial charge < -0.3 is 0 Å². The number of hydrogen-bond donors (Lipinski definition) is 1. The highest BCUT2D eigenvalue weighted by Gasteiger charge is 2.16. The number of benzene rings is 1. The zero-order chi connectivity index (χ0) is 16.3. The number of allylic oxidation sites excluding steroid dienone is 1. The van der Waals surface area contributed by atoms with Gasteiger partial charge in [0.1, 0.15) is 0 Å². The minimum Gasteiger partial charge on any atom is -0.256 e. The van der Waals surface area contributed by atoms with Crippen molar-refractivity contribution < 1.29 is 0 Å². The van der Waals surface area contributed by atoms with Crippen molar-refractivity contribution in [1.29, 1.82) is 0 Å². The van der Waals surface area contributed by atoms with E-state index in [4.69, 9.17) is 0 Å². The zero-order valence-electron chi connectivity index (χ0n) is 13.5. The van der Waals surface area contributed by atoms with Crippen LogP contribution in [0.1, 0.15) is 26.5 Å². The van der Waals surface area contributed by atoms with Gasteiger partial charge in [0.05, 0.1) is 11.3 Å². The molecule has 0 bridgehead atoms. The predicted octanol–water partition coefficient (Wildman–Crippen LogP) is 3.99. The van der Waals surface area contributed by atoms with Crippen LogP contribution in [-0.4, -0.2) is 25.6 Å². The fourth-order valence-electron chi connectivity index (χ4n) is 2.29. The van der Waals surface area contributed by atoms with Gasteiger partial charge in [-0.1, -0.05) is 57.2 Å². The summed E-state index contributed by atoms with van der Waals surface area (Å²) in [4.78, 5) is 4.52. The van der Waals surface area contributed by atoms with Crippen molar-refractivity contribution >= 4 is 6.08 Å². The third-order valence-electron chi connectivity index (χ3n) is 3.38. The highest BCUT2D eigenvalue weighted by Crippen LogP contribution is 2.32. The molecule has 0 amide bonds. The molecule has 0 saturated heterocycles. The Balaban J connectivity index is 2.20. The summed E-state index contributed by atoms with van der Waals surface area (Å²) < 4.78 is 0. The normalized spacial score (nSPS) is 12.0.